The molecule has 3 aliphatic rings. The molecule has 0 radical (unpaired) electrons. The van der Waals surface area contributed by atoms with Crippen LogP contribution in [0.15, 0.2) is 54.6 Å². The minimum atomic E-state index is 0.0160. The van der Waals surface area contributed by atoms with E-state index >= 15 is 0 Å². The first-order valence-electron chi connectivity index (χ1n) is 11.8. The molecule has 1 unspecified atom stereocenters. The molecule has 3 aromatic rings. The van der Waals surface area contributed by atoms with E-state index in [4.69, 9.17) is 9.84 Å². The number of carbonyl (C=O) groups excluding carboxylic acids is 1. The van der Waals surface area contributed by atoms with Crippen molar-refractivity contribution in [3.8, 4) is 17.0 Å². The number of aryl methyl sites for hydroxylation is 2. The SMILES string of the molecule is COc1ccccc1-c1cc([C@H]2CN3CC[C@@H]2C[C@@H]3CNC(=O)c2ccc(C)cc2)n(C)n1. The third-order valence-electron chi connectivity index (χ3n) is 7.37. The smallest absolute Gasteiger partial charge is 0.251 e. The molecule has 6 nitrogen and oxygen atoms in total. The molecular formula is C27H32N4O2. The van der Waals surface area contributed by atoms with Crippen LogP contribution in [0.5, 0.6) is 5.75 Å². The van der Waals surface area contributed by atoms with E-state index in [1.165, 1.54) is 12.1 Å². The normalized spacial score (nSPS) is 24.0. The van der Waals surface area contributed by atoms with Crippen molar-refractivity contribution < 1.29 is 9.53 Å². The predicted octanol–water partition coefficient (Wildman–Crippen LogP) is 4.01. The number of methoxy groups -OCH3 is 1. The molecule has 1 N–H and O–H groups in total. The molecule has 1 amide bonds. The van der Waals surface area contributed by atoms with Gasteiger partial charge in [-0.2, -0.15) is 5.10 Å². The zero-order valence-corrected chi connectivity index (χ0v) is 19.6. The molecule has 1 aromatic heterocycles. The van der Waals surface area contributed by atoms with Gasteiger partial charge in [0.2, 0.25) is 0 Å². The van der Waals surface area contributed by atoms with Crippen LogP contribution in [0.1, 0.15) is 40.4 Å². The third kappa shape index (κ3) is 4.27. The highest BCUT2D eigenvalue weighted by molar-refractivity contribution is 5.94. The van der Waals surface area contributed by atoms with Crippen molar-refractivity contribution in [3.63, 3.8) is 0 Å². The fourth-order valence-electron chi connectivity index (χ4n) is 5.52. The predicted molar refractivity (Wildman–Crippen MR) is 130 cm³/mol. The van der Waals surface area contributed by atoms with Crippen molar-refractivity contribution in [1.29, 1.82) is 0 Å². The highest BCUT2D eigenvalue weighted by atomic mass is 16.5. The Bertz CT molecular complexity index is 1140. The number of para-hydroxylation sites is 1. The van der Waals surface area contributed by atoms with Gasteiger partial charge in [0.25, 0.3) is 5.91 Å². The van der Waals surface area contributed by atoms with Crippen LogP contribution in [0.2, 0.25) is 0 Å². The lowest BCUT2D eigenvalue weighted by Gasteiger charge is -2.50. The van der Waals surface area contributed by atoms with Gasteiger partial charge >= 0.3 is 0 Å². The second-order valence-electron chi connectivity index (χ2n) is 9.39. The van der Waals surface area contributed by atoms with E-state index in [0.717, 1.165) is 47.6 Å². The molecule has 2 bridgehead atoms. The van der Waals surface area contributed by atoms with Gasteiger partial charge in [-0.25, -0.2) is 0 Å². The Morgan fingerprint density at radius 3 is 2.70 bits per heavy atom. The molecule has 2 aromatic carbocycles. The number of amides is 1. The molecule has 3 aliphatic heterocycles. The standard InChI is InChI=1S/C27H32N4O2/c1-18-8-10-19(11-9-18)27(32)28-16-21-14-20-12-13-31(21)17-23(20)25-15-24(29-30(25)2)22-6-4-5-7-26(22)33-3/h4-11,15,20-21,23H,12-14,16-17H2,1-3H3,(H,28,32)/t20-,21-,23+/m1/s1. The number of nitrogens with zero attached hydrogens (tertiary/aromatic N) is 3. The van der Waals surface area contributed by atoms with Crippen LogP contribution in [0, 0.1) is 12.8 Å². The van der Waals surface area contributed by atoms with Crippen LogP contribution in [0.25, 0.3) is 11.3 Å². The largest absolute Gasteiger partial charge is 0.496 e. The second kappa shape index (κ2) is 9.02. The van der Waals surface area contributed by atoms with E-state index in [0.29, 0.717) is 24.4 Å². The second-order valence-corrected chi connectivity index (χ2v) is 9.39. The van der Waals surface area contributed by atoms with Crippen molar-refractivity contribution in [2.75, 3.05) is 26.7 Å². The lowest BCUT2D eigenvalue weighted by atomic mass is 9.74. The first kappa shape index (κ1) is 21.7. The summed E-state index contributed by atoms with van der Waals surface area (Å²) in [6.07, 6.45) is 2.30. The number of fused-ring (bicyclic) bond motifs is 3. The molecule has 4 atom stereocenters. The Balaban J connectivity index is 1.27. The summed E-state index contributed by atoms with van der Waals surface area (Å²) in [4.78, 5) is 15.1. The lowest BCUT2D eigenvalue weighted by Crippen LogP contribution is -2.56. The van der Waals surface area contributed by atoms with E-state index in [2.05, 4.69) is 22.3 Å². The van der Waals surface area contributed by atoms with Gasteiger partial charge in [-0.3, -0.25) is 14.4 Å². The zero-order chi connectivity index (χ0) is 22.9. The van der Waals surface area contributed by atoms with E-state index in [1.807, 2.05) is 61.1 Å². The summed E-state index contributed by atoms with van der Waals surface area (Å²) in [6, 6.07) is 18.5. The van der Waals surface area contributed by atoms with Crippen LogP contribution >= 0.6 is 0 Å². The summed E-state index contributed by atoms with van der Waals surface area (Å²) < 4.78 is 7.59. The molecule has 0 saturated carbocycles. The molecular weight excluding hydrogens is 412 g/mol. The lowest BCUT2D eigenvalue weighted by molar-refractivity contribution is 0.0280. The van der Waals surface area contributed by atoms with Crippen molar-refractivity contribution in [1.82, 2.24) is 20.0 Å². The van der Waals surface area contributed by atoms with Crippen LogP contribution in [0.3, 0.4) is 0 Å². The molecule has 172 valence electrons. The summed E-state index contributed by atoms with van der Waals surface area (Å²) in [5.74, 6) is 1.93. The summed E-state index contributed by atoms with van der Waals surface area (Å²) in [5.41, 5.74) is 5.17. The van der Waals surface area contributed by atoms with E-state index in [1.54, 1.807) is 7.11 Å². The molecule has 0 aliphatic carbocycles. The molecule has 3 fully saturated rings. The Hall–Kier alpha value is -3.12. The van der Waals surface area contributed by atoms with Crippen LogP contribution < -0.4 is 10.1 Å². The average Bonchev–Trinajstić information content (AvgIpc) is 3.24. The van der Waals surface area contributed by atoms with E-state index < -0.39 is 0 Å². The number of benzene rings is 2. The molecule has 3 saturated heterocycles. The molecule has 0 spiro atoms. The first-order chi connectivity index (χ1) is 16.0. The molecule has 6 heteroatoms. The number of rotatable bonds is 6. The maximum Gasteiger partial charge on any atom is 0.251 e. The van der Waals surface area contributed by atoms with Crippen LogP contribution in [-0.2, 0) is 7.05 Å². The Morgan fingerprint density at radius 1 is 1.18 bits per heavy atom. The fraction of sp³-hybridized carbons (Fsp3) is 0.407. The van der Waals surface area contributed by atoms with Crippen molar-refractivity contribution in [3.05, 3.63) is 71.4 Å². The molecule has 4 heterocycles. The van der Waals surface area contributed by atoms with Gasteiger partial charge in [-0.05, 0) is 62.6 Å². The number of hydrogen-bond acceptors (Lipinski definition) is 4. The van der Waals surface area contributed by atoms with Gasteiger partial charge in [0, 0.05) is 48.9 Å². The van der Waals surface area contributed by atoms with Crippen molar-refractivity contribution in [2.24, 2.45) is 13.0 Å². The fourth-order valence-corrected chi connectivity index (χ4v) is 5.52. The van der Waals surface area contributed by atoms with Crippen molar-refractivity contribution in [2.45, 2.75) is 31.7 Å². The highest BCUT2D eigenvalue weighted by Crippen LogP contribution is 2.42. The number of carbonyl (C=O) groups is 1. The number of piperidine rings is 3. The molecule has 6 rings (SSSR count). The third-order valence-corrected chi connectivity index (χ3v) is 7.37. The van der Waals surface area contributed by atoms with Gasteiger partial charge in [-0.1, -0.05) is 29.8 Å². The van der Waals surface area contributed by atoms with Gasteiger partial charge in [0.15, 0.2) is 0 Å². The van der Waals surface area contributed by atoms with Gasteiger partial charge < -0.3 is 10.1 Å². The molecule has 33 heavy (non-hydrogen) atoms. The highest BCUT2D eigenvalue weighted by Gasteiger charge is 2.42. The summed E-state index contributed by atoms with van der Waals surface area (Å²) in [6.45, 7) is 4.85. The van der Waals surface area contributed by atoms with Crippen LogP contribution in [0.4, 0.5) is 0 Å². The maximum absolute atomic E-state index is 12.6. The average molecular weight is 445 g/mol. The topological polar surface area (TPSA) is 59.4 Å². The number of nitrogens with one attached hydrogen (secondary N) is 1. The number of ether oxygens (including phenoxy) is 1. The number of aromatic nitrogens is 2. The summed E-state index contributed by atoms with van der Waals surface area (Å²) in [5, 5.41) is 7.99. The summed E-state index contributed by atoms with van der Waals surface area (Å²) in [7, 11) is 3.75. The summed E-state index contributed by atoms with van der Waals surface area (Å²) >= 11 is 0. The maximum atomic E-state index is 12.6. The van der Waals surface area contributed by atoms with E-state index in [9.17, 15) is 4.79 Å². The first-order valence-corrected chi connectivity index (χ1v) is 11.8. The van der Waals surface area contributed by atoms with Crippen LogP contribution in [-0.4, -0.2) is 53.4 Å². The van der Waals surface area contributed by atoms with Gasteiger partial charge in [-0.15, -0.1) is 0 Å². The quantitative estimate of drug-likeness (QED) is 0.624. The Labute approximate surface area is 195 Å². The zero-order valence-electron chi connectivity index (χ0n) is 19.6. The van der Waals surface area contributed by atoms with Gasteiger partial charge in [0.1, 0.15) is 5.75 Å². The van der Waals surface area contributed by atoms with Gasteiger partial charge in [0.05, 0.1) is 12.8 Å². The monoisotopic (exact) mass is 444 g/mol. The van der Waals surface area contributed by atoms with Crippen molar-refractivity contribution >= 4 is 5.91 Å². The Morgan fingerprint density at radius 2 is 1.97 bits per heavy atom. The minimum Gasteiger partial charge on any atom is -0.496 e. The van der Waals surface area contributed by atoms with E-state index in [-0.39, 0.29) is 5.91 Å². The number of hydrogen-bond donors (Lipinski definition) is 1. The Kier molecular flexibility index (Phi) is 5.94. The minimum absolute atomic E-state index is 0.0160.